The molecule has 4 heteroatoms. The summed E-state index contributed by atoms with van der Waals surface area (Å²) < 4.78 is 13.0. The van der Waals surface area contributed by atoms with Crippen LogP contribution in [-0.2, 0) is 0 Å². The second-order valence-electron chi connectivity index (χ2n) is 3.57. The molecule has 0 radical (unpaired) electrons. The molecule has 0 aliphatic heterocycles. The highest BCUT2D eigenvalue weighted by Gasteiger charge is 2.10. The summed E-state index contributed by atoms with van der Waals surface area (Å²) in [7, 11) is 0. The molecule has 2 N–H and O–H groups in total. The molecule has 0 aromatic heterocycles. The summed E-state index contributed by atoms with van der Waals surface area (Å²) in [5.41, 5.74) is 0.963. The van der Waals surface area contributed by atoms with Crippen LogP contribution in [0, 0.1) is 12.7 Å². The molecule has 1 amide bonds. The van der Waals surface area contributed by atoms with Gasteiger partial charge in [-0.15, -0.1) is 0 Å². The van der Waals surface area contributed by atoms with Crippen molar-refractivity contribution in [3.8, 4) is 0 Å². The van der Waals surface area contributed by atoms with E-state index in [0.29, 0.717) is 5.56 Å². The first-order valence-electron chi connectivity index (χ1n) is 4.72. The van der Waals surface area contributed by atoms with Crippen LogP contribution in [-0.4, -0.2) is 23.7 Å². The van der Waals surface area contributed by atoms with Crippen molar-refractivity contribution in [3.05, 3.63) is 35.1 Å². The third-order valence-electron chi connectivity index (χ3n) is 1.96. The number of aliphatic hydroxyl groups excluding tert-OH is 1. The van der Waals surface area contributed by atoms with Gasteiger partial charge in [-0.25, -0.2) is 4.39 Å². The van der Waals surface area contributed by atoms with Crippen LogP contribution in [0.1, 0.15) is 22.8 Å². The van der Waals surface area contributed by atoms with E-state index in [1.165, 1.54) is 12.1 Å². The lowest BCUT2D eigenvalue weighted by molar-refractivity contribution is 0.0922. The van der Waals surface area contributed by atoms with Crippen molar-refractivity contribution in [2.24, 2.45) is 0 Å². The molecule has 15 heavy (non-hydrogen) atoms. The highest BCUT2D eigenvalue weighted by atomic mass is 19.1. The van der Waals surface area contributed by atoms with Crippen molar-refractivity contribution in [2.45, 2.75) is 19.9 Å². The zero-order chi connectivity index (χ0) is 11.4. The molecule has 0 aliphatic rings. The Kier molecular flexibility index (Phi) is 3.80. The van der Waals surface area contributed by atoms with Gasteiger partial charge in [-0.05, 0) is 37.6 Å². The first kappa shape index (κ1) is 11.7. The van der Waals surface area contributed by atoms with Crippen LogP contribution in [0.2, 0.25) is 0 Å². The summed E-state index contributed by atoms with van der Waals surface area (Å²) >= 11 is 0. The van der Waals surface area contributed by atoms with Gasteiger partial charge in [0, 0.05) is 11.6 Å². The third-order valence-corrected chi connectivity index (χ3v) is 1.96. The van der Waals surface area contributed by atoms with E-state index in [1.807, 2.05) is 0 Å². The van der Waals surface area contributed by atoms with Crippen LogP contribution in [0.4, 0.5) is 4.39 Å². The van der Waals surface area contributed by atoms with E-state index in [9.17, 15) is 9.18 Å². The normalized spacial score (nSPS) is 12.3. The lowest BCUT2D eigenvalue weighted by Gasteiger charge is -2.11. The first-order chi connectivity index (χ1) is 7.02. The van der Waals surface area contributed by atoms with Crippen LogP contribution in [0.25, 0.3) is 0 Å². The Balaban J connectivity index is 2.82. The number of carbonyl (C=O) groups is 1. The van der Waals surface area contributed by atoms with Gasteiger partial charge in [-0.1, -0.05) is 0 Å². The minimum absolute atomic E-state index is 0.139. The lowest BCUT2D eigenvalue weighted by Crippen LogP contribution is -2.35. The smallest absolute Gasteiger partial charge is 0.251 e. The largest absolute Gasteiger partial charge is 0.394 e. The second kappa shape index (κ2) is 4.89. The highest BCUT2D eigenvalue weighted by Crippen LogP contribution is 2.08. The molecule has 1 rings (SSSR count). The lowest BCUT2D eigenvalue weighted by atomic mass is 10.1. The Morgan fingerprint density at radius 3 is 2.73 bits per heavy atom. The number of hydrogen-bond donors (Lipinski definition) is 2. The molecule has 0 bridgehead atoms. The maximum atomic E-state index is 13.0. The fourth-order valence-corrected chi connectivity index (χ4v) is 1.22. The summed E-state index contributed by atoms with van der Waals surface area (Å²) in [6, 6.07) is 3.79. The maximum absolute atomic E-state index is 13.0. The number of aryl methyl sites for hydroxylation is 1. The summed E-state index contributed by atoms with van der Waals surface area (Å²) in [5, 5.41) is 11.3. The summed E-state index contributed by atoms with van der Waals surface area (Å²) in [4.78, 5) is 11.5. The van der Waals surface area contributed by atoms with E-state index in [4.69, 9.17) is 5.11 Å². The van der Waals surface area contributed by atoms with E-state index in [0.717, 1.165) is 0 Å². The number of benzene rings is 1. The SMILES string of the molecule is Cc1cc(F)cc(C(=O)N[C@@H](C)CO)c1. The van der Waals surface area contributed by atoms with Gasteiger partial charge in [0.1, 0.15) is 5.82 Å². The van der Waals surface area contributed by atoms with Gasteiger partial charge in [0.2, 0.25) is 0 Å². The quantitative estimate of drug-likeness (QED) is 0.790. The molecular weight excluding hydrogens is 197 g/mol. The minimum atomic E-state index is -0.434. The zero-order valence-corrected chi connectivity index (χ0v) is 8.75. The Bertz CT molecular complexity index is 345. The molecule has 0 heterocycles. The number of rotatable bonds is 3. The molecule has 1 atom stereocenters. The number of carbonyl (C=O) groups excluding carboxylic acids is 1. The van der Waals surface area contributed by atoms with Gasteiger partial charge in [0.25, 0.3) is 5.91 Å². The number of hydrogen-bond acceptors (Lipinski definition) is 2. The predicted octanol–water partition coefficient (Wildman–Crippen LogP) is 1.24. The Morgan fingerprint density at radius 1 is 1.53 bits per heavy atom. The molecule has 3 nitrogen and oxygen atoms in total. The predicted molar refractivity (Wildman–Crippen MR) is 55.2 cm³/mol. The van der Waals surface area contributed by atoms with E-state index in [-0.39, 0.29) is 24.1 Å². The summed E-state index contributed by atoms with van der Waals surface area (Å²) in [5.74, 6) is -0.809. The monoisotopic (exact) mass is 211 g/mol. The summed E-state index contributed by atoms with van der Waals surface area (Å²) in [6.45, 7) is 3.25. The fourth-order valence-electron chi connectivity index (χ4n) is 1.22. The Hall–Kier alpha value is -1.42. The number of amides is 1. The van der Waals surface area contributed by atoms with Gasteiger partial charge in [0.15, 0.2) is 0 Å². The van der Waals surface area contributed by atoms with Crippen LogP contribution < -0.4 is 5.32 Å². The van der Waals surface area contributed by atoms with Gasteiger partial charge in [-0.3, -0.25) is 4.79 Å². The van der Waals surface area contributed by atoms with Crippen molar-refractivity contribution >= 4 is 5.91 Å². The maximum Gasteiger partial charge on any atom is 0.251 e. The van der Waals surface area contributed by atoms with E-state index < -0.39 is 5.82 Å². The average Bonchev–Trinajstić information content (AvgIpc) is 2.16. The zero-order valence-electron chi connectivity index (χ0n) is 8.75. The van der Waals surface area contributed by atoms with E-state index in [2.05, 4.69) is 5.32 Å². The summed E-state index contributed by atoms with van der Waals surface area (Å²) in [6.07, 6.45) is 0. The fraction of sp³-hybridized carbons (Fsp3) is 0.364. The number of halogens is 1. The second-order valence-corrected chi connectivity index (χ2v) is 3.57. The van der Waals surface area contributed by atoms with E-state index in [1.54, 1.807) is 19.9 Å². The third kappa shape index (κ3) is 3.32. The van der Waals surface area contributed by atoms with E-state index >= 15 is 0 Å². The molecular formula is C11H14FNO2. The van der Waals surface area contributed by atoms with Crippen molar-refractivity contribution < 1.29 is 14.3 Å². The first-order valence-corrected chi connectivity index (χ1v) is 4.72. The average molecular weight is 211 g/mol. The van der Waals surface area contributed by atoms with Crippen molar-refractivity contribution in [1.82, 2.24) is 5.32 Å². The van der Waals surface area contributed by atoms with Crippen molar-refractivity contribution in [3.63, 3.8) is 0 Å². The van der Waals surface area contributed by atoms with Gasteiger partial charge < -0.3 is 10.4 Å². The molecule has 0 saturated carbocycles. The number of nitrogens with one attached hydrogen (secondary N) is 1. The molecule has 1 aromatic carbocycles. The van der Waals surface area contributed by atoms with Gasteiger partial charge in [-0.2, -0.15) is 0 Å². The molecule has 0 aliphatic carbocycles. The molecule has 82 valence electrons. The molecule has 0 spiro atoms. The van der Waals surface area contributed by atoms with Gasteiger partial charge >= 0.3 is 0 Å². The Morgan fingerprint density at radius 2 is 2.20 bits per heavy atom. The topological polar surface area (TPSA) is 49.3 Å². The Labute approximate surface area is 87.9 Å². The van der Waals surface area contributed by atoms with Crippen LogP contribution in [0.3, 0.4) is 0 Å². The van der Waals surface area contributed by atoms with Crippen LogP contribution >= 0.6 is 0 Å². The van der Waals surface area contributed by atoms with Crippen molar-refractivity contribution in [2.75, 3.05) is 6.61 Å². The molecule has 0 saturated heterocycles. The molecule has 0 fully saturated rings. The number of aliphatic hydroxyl groups is 1. The molecule has 1 aromatic rings. The highest BCUT2D eigenvalue weighted by molar-refractivity contribution is 5.94. The standard InChI is InChI=1S/C11H14FNO2/c1-7-3-9(5-10(12)4-7)11(15)13-8(2)6-14/h3-5,8,14H,6H2,1-2H3,(H,13,15)/t8-/m0/s1. The minimum Gasteiger partial charge on any atom is -0.394 e. The molecule has 0 unspecified atom stereocenters. The van der Waals surface area contributed by atoms with Crippen LogP contribution in [0.5, 0.6) is 0 Å². The van der Waals surface area contributed by atoms with Gasteiger partial charge in [0.05, 0.1) is 6.61 Å². The van der Waals surface area contributed by atoms with Crippen LogP contribution in [0.15, 0.2) is 18.2 Å². The van der Waals surface area contributed by atoms with Crippen molar-refractivity contribution in [1.29, 1.82) is 0 Å².